The molecule has 2 atom stereocenters. The van der Waals surface area contributed by atoms with E-state index < -0.39 is 0 Å². The minimum atomic E-state index is 0.580. The lowest BCUT2D eigenvalue weighted by molar-refractivity contribution is 0.0333. The van der Waals surface area contributed by atoms with Crippen LogP contribution in [0.3, 0.4) is 0 Å². The molecule has 0 aromatic heterocycles. The Morgan fingerprint density at radius 1 is 1.17 bits per heavy atom. The molecule has 2 heteroatoms. The first-order valence-corrected chi connectivity index (χ1v) is 8.01. The predicted octanol–water partition coefficient (Wildman–Crippen LogP) is 3.40. The van der Waals surface area contributed by atoms with Gasteiger partial charge in [0.05, 0.1) is 0 Å². The Morgan fingerprint density at radius 3 is 2.39 bits per heavy atom. The number of nitrogens with zero attached hydrogens (tertiary/aromatic N) is 1. The number of hydrogen-bond donors (Lipinski definition) is 1. The molecule has 1 saturated carbocycles. The quantitative estimate of drug-likeness (QED) is 0.834. The van der Waals surface area contributed by atoms with Crippen molar-refractivity contribution < 1.29 is 0 Å². The van der Waals surface area contributed by atoms with Gasteiger partial charge in [0.25, 0.3) is 0 Å². The lowest BCUT2D eigenvalue weighted by Gasteiger charge is -2.47. The summed E-state index contributed by atoms with van der Waals surface area (Å²) in [6.45, 7) is 9.33. The van der Waals surface area contributed by atoms with Gasteiger partial charge in [-0.25, -0.2) is 0 Å². The van der Waals surface area contributed by atoms with Crippen molar-refractivity contribution in [2.45, 2.75) is 77.8 Å². The Labute approximate surface area is 113 Å². The van der Waals surface area contributed by atoms with Gasteiger partial charge in [0.2, 0.25) is 0 Å². The number of nitrogens with two attached hydrogens (primary N) is 1. The van der Waals surface area contributed by atoms with E-state index in [4.69, 9.17) is 5.73 Å². The Balaban J connectivity index is 1.92. The molecule has 0 radical (unpaired) electrons. The highest BCUT2D eigenvalue weighted by Gasteiger charge is 2.35. The zero-order valence-electron chi connectivity index (χ0n) is 12.6. The SMILES string of the molecule is CCC1CCN(C2CCC(C)(C)CC2)C(CN)C1. The number of hydrogen-bond acceptors (Lipinski definition) is 2. The summed E-state index contributed by atoms with van der Waals surface area (Å²) < 4.78 is 0. The molecule has 0 spiro atoms. The van der Waals surface area contributed by atoms with Gasteiger partial charge in [-0.2, -0.15) is 0 Å². The van der Waals surface area contributed by atoms with Crippen molar-refractivity contribution in [3.63, 3.8) is 0 Å². The highest BCUT2D eigenvalue weighted by Crippen LogP contribution is 2.39. The molecule has 106 valence electrons. The molecule has 1 aliphatic heterocycles. The highest BCUT2D eigenvalue weighted by atomic mass is 15.2. The van der Waals surface area contributed by atoms with Gasteiger partial charge in [0.1, 0.15) is 0 Å². The van der Waals surface area contributed by atoms with E-state index in [1.54, 1.807) is 0 Å². The van der Waals surface area contributed by atoms with Crippen LogP contribution in [0.4, 0.5) is 0 Å². The van der Waals surface area contributed by atoms with Crippen LogP contribution in [0.25, 0.3) is 0 Å². The van der Waals surface area contributed by atoms with E-state index in [2.05, 4.69) is 25.7 Å². The van der Waals surface area contributed by atoms with Crippen molar-refractivity contribution in [3.8, 4) is 0 Å². The Bertz CT molecular complexity index is 252. The lowest BCUT2D eigenvalue weighted by atomic mass is 9.74. The molecule has 0 aromatic carbocycles. The minimum Gasteiger partial charge on any atom is -0.329 e. The second kappa shape index (κ2) is 5.92. The Kier molecular flexibility index (Phi) is 4.71. The van der Waals surface area contributed by atoms with Gasteiger partial charge < -0.3 is 5.73 Å². The molecule has 2 unspecified atom stereocenters. The van der Waals surface area contributed by atoms with E-state index in [0.717, 1.165) is 18.5 Å². The van der Waals surface area contributed by atoms with Gasteiger partial charge in [0.15, 0.2) is 0 Å². The molecule has 0 bridgehead atoms. The summed E-state index contributed by atoms with van der Waals surface area (Å²) in [5, 5.41) is 0. The fourth-order valence-corrected chi connectivity index (χ4v) is 3.95. The normalized spacial score (nSPS) is 34.7. The summed E-state index contributed by atoms with van der Waals surface area (Å²) in [6, 6.07) is 1.49. The number of likely N-dealkylation sites (tertiary alicyclic amines) is 1. The van der Waals surface area contributed by atoms with Crippen LogP contribution in [0.5, 0.6) is 0 Å². The Hall–Kier alpha value is -0.0800. The summed E-state index contributed by atoms with van der Waals surface area (Å²) in [7, 11) is 0. The average Bonchev–Trinajstić information content (AvgIpc) is 2.38. The van der Waals surface area contributed by atoms with E-state index in [9.17, 15) is 0 Å². The van der Waals surface area contributed by atoms with Crippen LogP contribution < -0.4 is 5.73 Å². The molecule has 1 aliphatic carbocycles. The van der Waals surface area contributed by atoms with Gasteiger partial charge in [-0.3, -0.25) is 4.90 Å². The van der Waals surface area contributed by atoms with Gasteiger partial charge >= 0.3 is 0 Å². The molecule has 18 heavy (non-hydrogen) atoms. The first-order chi connectivity index (χ1) is 8.55. The third-order valence-electron chi connectivity index (χ3n) is 5.50. The molecule has 2 nitrogen and oxygen atoms in total. The highest BCUT2D eigenvalue weighted by molar-refractivity contribution is 4.90. The van der Waals surface area contributed by atoms with E-state index in [1.807, 2.05) is 0 Å². The van der Waals surface area contributed by atoms with Crippen molar-refractivity contribution in [3.05, 3.63) is 0 Å². The summed E-state index contributed by atoms with van der Waals surface area (Å²) in [6.07, 6.45) is 9.63. The molecule has 2 fully saturated rings. The van der Waals surface area contributed by atoms with E-state index in [1.165, 1.54) is 51.5 Å². The van der Waals surface area contributed by atoms with Crippen molar-refractivity contribution in [1.29, 1.82) is 0 Å². The van der Waals surface area contributed by atoms with Crippen molar-refractivity contribution in [2.24, 2.45) is 17.1 Å². The molecule has 2 N–H and O–H groups in total. The molecule has 0 aromatic rings. The lowest BCUT2D eigenvalue weighted by Crippen LogP contribution is -2.52. The van der Waals surface area contributed by atoms with Gasteiger partial charge in [-0.05, 0) is 56.4 Å². The largest absolute Gasteiger partial charge is 0.329 e. The van der Waals surface area contributed by atoms with Crippen molar-refractivity contribution >= 4 is 0 Å². The Morgan fingerprint density at radius 2 is 1.83 bits per heavy atom. The zero-order chi connectivity index (χ0) is 13.2. The van der Waals surface area contributed by atoms with Crippen LogP contribution in [-0.2, 0) is 0 Å². The van der Waals surface area contributed by atoms with E-state index >= 15 is 0 Å². The molecule has 0 amide bonds. The second-order valence-electron chi connectivity index (χ2n) is 7.32. The van der Waals surface area contributed by atoms with Crippen LogP contribution in [0.1, 0.15) is 65.7 Å². The number of piperidine rings is 1. The summed E-state index contributed by atoms with van der Waals surface area (Å²) in [5.41, 5.74) is 6.61. The molecular weight excluding hydrogens is 220 g/mol. The summed E-state index contributed by atoms with van der Waals surface area (Å²) >= 11 is 0. The maximum absolute atomic E-state index is 6.03. The average molecular weight is 252 g/mol. The number of rotatable bonds is 3. The van der Waals surface area contributed by atoms with E-state index in [-0.39, 0.29) is 0 Å². The standard InChI is InChI=1S/C16H32N2/c1-4-13-7-10-18(15(11-13)12-17)14-5-8-16(2,3)9-6-14/h13-15H,4-12,17H2,1-3H3. The topological polar surface area (TPSA) is 29.3 Å². The van der Waals surface area contributed by atoms with Gasteiger partial charge in [-0.15, -0.1) is 0 Å². The third kappa shape index (κ3) is 3.27. The molecule has 1 saturated heterocycles. The summed E-state index contributed by atoms with van der Waals surface area (Å²) in [4.78, 5) is 2.77. The van der Waals surface area contributed by atoms with E-state index in [0.29, 0.717) is 11.5 Å². The van der Waals surface area contributed by atoms with Crippen molar-refractivity contribution in [2.75, 3.05) is 13.1 Å². The maximum Gasteiger partial charge on any atom is 0.0223 e. The monoisotopic (exact) mass is 252 g/mol. The zero-order valence-corrected chi connectivity index (χ0v) is 12.6. The van der Waals surface area contributed by atoms with Gasteiger partial charge in [-0.1, -0.05) is 27.2 Å². The summed E-state index contributed by atoms with van der Waals surface area (Å²) in [5.74, 6) is 0.926. The minimum absolute atomic E-state index is 0.580. The molecular formula is C16H32N2. The third-order valence-corrected chi connectivity index (χ3v) is 5.50. The molecule has 1 heterocycles. The van der Waals surface area contributed by atoms with Crippen LogP contribution in [0, 0.1) is 11.3 Å². The van der Waals surface area contributed by atoms with Crippen molar-refractivity contribution in [1.82, 2.24) is 4.90 Å². The smallest absolute Gasteiger partial charge is 0.0223 e. The fourth-order valence-electron chi connectivity index (χ4n) is 3.95. The maximum atomic E-state index is 6.03. The second-order valence-corrected chi connectivity index (χ2v) is 7.32. The first kappa shape index (κ1) is 14.3. The van der Waals surface area contributed by atoms with Crippen LogP contribution in [0.15, 0.2) is 0 Å². The van der Waals surface area contributed by atoms with Crippen LogP contribution in [-0.4, -0.2) is 30.1 Å². The fraction of sp³-hybridized carbons (Fsp3) is 1.00. The van der Waals surface area contributed by atoms with Crippen LogP contribution >= 0.6 is 0 Å². The predicted molar refractivity (Wildman–Crippen MR) is 78.6 cm³/mol. The molecule has 2 rings (SSSR count). The van der Waals surface area contributed by atoms with Gasteiger partial charge in [0, 0.05) is 18.6 Å². The first-order valence-electron chi connectivity index (χ1n) is 8.01. The molecule has 2 aliphatic rings. The van der Waals surface area contributed by atoms with Crippen LogP contribution in [0.2, 0.25) is 0 Å².